The number of hydrogen-bond acceptors (Lipinski definition) is 3. The third-order valence-electron chi connectivity index (χ3n) is 2.77. The highest BCUT2D eigenvalue weighted by atomic mass is 14.9. The van der Waals surface area contributed by atoms with E-state index < -0.39 is 0 Å². The number of piperidine rings is 1. The molecule has 0 atom stereocenters. The predicted molar refractivity (Wildman–Crippen MR) is 77.6 cm³/mol. The zero-order valence-corrected chi connectivity index (χ0v) is 11.7. The monoisotopic (exact) mass is 237 g/mol. The van der Waals surface area contributed by atoms with Gasteiger partial charge in [-0.2, -0.15) is 0 Å². The molecule has 0 aromatic heterocycles. The molecule has 0 aromatic carbocycles. The van der Waals surface area contributed by atoms with Crippen LogP contribution in [0.3, 0.4) is 0 Å². The molecule has 0 unspecified atom stereocenters. The summed E-state index contributed by atoms with van der Waals surface area (Å²) in [5.74, 6) is 0.643. The average Bonchev–Trinajstić information content (AvgIpc) is 2.37. The van der Waals surface area contributed by atoms with Crippen molar-refractivity contribution in [1.29, 1.82) is 0 Å². The molecule has 3 heteroatoms. The Morgan fingerprint density at radius 3 is 2.35 bits per heavy atom. The second-order valence-electron chi connectivity index (χ2n) is 4.16. The fourth-order valence-corrected chi connectivity index (χ4v) is 1.78. The molecule has 0 aromatic rings. The van der Waals surface area contributed by atoms with E-state index in [0.29, 0.717) is 5.92 Å². The van der Waals surface area contributed by atoms with Crippen LogP contribution in [0.2, 0.25) is 0 Å². The molecule has 1 heterocycles. The Bertz CT molecular complexity index is 261. The quantitative estimate of drug-likeness (QED) is 0.584. The number of nitrogens with one attached hydrogen (secondary N) is 2. The van der Waals surface area contributed by atoms with Gasteiger partial charge in [0.05, 0.1) is 0 Å². The molecule has 1 saturated heterocycles. The van der Waals surface area contributed by atoms with Gasteiger partial charge in [0.2, 0.25) is 0 Å². The molecule has 1 aliphatic rings. The van der Waals surface area contributed by atoms with Crippen molar-refractivity contribution in [2.75, 3.05) is 27.2 Å². The van der Waals surface area contributed by atoms with E-state index in [9.17, 15) is 0 Å². The molecule has 1 rings (SSSR count). The molecule has 0 aliphatic carbocycles. The normalized spacial score (nSPS) is 18.1. The van der Waals surface area contributed by atoms with E-state index in [1.54, 1.807) is 6.08 Å². The maximum atomic E-state index is 4.37. The average molecular weight is 237 g/mol. The Morgan fingerprint density at radius 1 is 1.41 bits per heavy atom. The van der Waals surface area contributed by atoms with E-state index >= 15 is 0 Å². The first-order valence-corrected chi connectivity index (χ1v) is 6.30. The maximum absolute atomic E-state index is 4.37. The fraction of sp³-hybridized carbons (Fsp3) is 0.643. The van der Waals surface area contributed by atoms with Gasteiger partial charge in [0, 0.05) is 31.4 Å². The van der Waals surface area contributed by atoms with E-state index in [0.717, 1.165) is 13.1 Å². The van der Waals surface area contributed by atoms with Gasteiger partial charge in [-0.05, 0) is 45.9 Å². The predicted octanol–water partition coefficient (Wildman–Crippen LogP) is 2.37. The minimum atomic E-state index is 0.643. The van der Waals surface area contributed by atoms with Crippen molar-refractivity contribution >= 4 is 5.71 Å². The molecule has 0 bridgehead atoms. The Hall–Kier alpha value is -1.09. The molecule has 98 valence electrons. The number of nitrogens with zero attached hydrogens (tertiary/aromatic N) is 1. The van der Waals surface area contributed by atoms with Crippen molar-refractivity contribution in [3.8, 4) is 0 Å². The van der Waals surface area contributed by atoms with Gasteiger partial charge in [0.15, 0.2) is 0 Å². The zero-order chi connectivity index (χ0) is 13.1. The topological polar surface area (TPSA) is 36.4 Å². The van der Waals surface area contributed by atoms with Crippen molar-refractivity contribution in [2.45, 2.75) is 26.7 Å². The van der Waals surface area contributed by atoms with Gasteiger partial charge in [0.25, 0.3) is 0 Å². The van der Waals surface area contributed by atoms with Crippen LogP contribution in [0.5, 0.6) is 0 Å². The van der Waals surface area contributed by atoms with Crippen LogP contribution < -0.4 is 10.6 Å². The molecule has 17 heavy (non-hydrogen) atoms. The lowest BCUT2D eigenvalue weighted by Crippen LogP contribution is -2.31. The maximum Gasteiger partial charge on any atom is 0.0393 e. The summed E-state index contributed by atoms with van der Waals surface area (Å²) in [4.78, 5) is 4.37. The smallest absolute Gasteiger partial charge is 0.0393 e. The van der Waals surface area contributed by atoms with Gasteiger partial charge in [-0.3, -0.25) is 4.99 Å². The third kappa shape index (κ3) is 6.95. The zero-order valence-electron chi connectivity index (χ0n) is 11.7. The van der Waals surface area contributed by atoms with Crippen molar-refractivity contribution in [2.24, 2.45) is 10.9 Å². The van der Waals surface area contributed by atoms with Crippen molar-refractivity contribution < 1.29 is 0 Å². The summed E-state index contributed by atoms with van der Waals surface area (Å²) in [6.45, 7) is 9.57. The highest BCUT2D eigenvalue weighted by Gasteiger charge is 2.16. The van der Waals surface area contributed by atoms with Crippen LogP contribution in [0.25, 0.3) is 0 Å². The minimum Gasteiger partial charge on any atom is -0.392 e. The summed E-state index contributed by atoms with van der Waals surface area (Å²) in [6.07, 6.45) is 6.33. The van der Waals surface area contributed by atoms with Crippen LogP contribution >= 0.6 is 0 Å². The number of hydrogen-bond donors (Lipinski definition) is 2. The van der Waals surface area contributed by atoms with Crippen LogP contribution in [0.1, 0.15) is 26.7 Å². The van der Waals surface area contributed by atoms with Gasteiger partial charge in [-0.15, -0.1) is 6.58 Å². The van der Waals surface area contributed by atoms with E-state index in [1.807, 2.05) is 21.0 Å². The third-order valence-corrected chi connectivity index (χ3v) is 2.77. The Labute approximate surface area is 106 Å². The van der Waals surface area contributed by atoms with Crippen LogP contribution in [-0.4, -0.2) is 32.9 Å². The van der Waals surface area contributed by atoms with Crippen LogP contribution in [0.4, 0.5) is 0 Å². The lowest BCUT2D eigenvalue weighted by atomic mass is 9.92. The second kappa shape index (κ2) is 10.1. The summed E-state index contributed by atoms with van der Waals surface area (Å²) >= 11 is 0. The summed E-state index contributed by atoms with van der Waals surface area (Å²) in [7, 11) is 3.83. The molecule has 0 radical (unpaired) electrons. The van der Waals surface area contributed by atoms with E-state index in [4.69, 9.17) is 0 Å². The van der Waals surface area contributed by atoms with Crippen molar-refractivity contribution in [1.82, 2.24) is 10.6 Å². The van der Waals surface area contributed by atoms with Gasteiger partial charge in [0.1, 0.15) is 0 Å². The summed E-state index contributed by atoms with van der Waals surface area (Å²) < 4.78 is 0. The molecule has 0 amide bonds. The summed E-state index contributed by atoms with van der Waals surface area (Å²) in [5.41, 5.74) is 2.42. The molecule has 0 spiro atoms. The highest BCUT2D eigenvalue weighted by Crippen LogP contribution is 2.15. The lowest BCUT2D eigenvalue weighted by Gasteiger charge is -2.22. The van der Waals surface area contributed by atoms with Gasteiger partial charge >= 0.3 is 0 Å². The second-order valence-corrected chi connectivity index (χ2v) is 4.16. The van der Waals surface area contributed by atoms with Crippen LogP contribution in [-0.2, 0) is 0 Å². The first-order valence-electron chi connectivity index (χ1n) is 6.30. The minimum absolute atomic E-state index is 0.643. The standard InChI is InChI=1S/C11H21N3.C3H6/c1-9(12-2)8-11(13-3)10-4-6-14-7-5-10;1-3-2/h8,10,12,14H,4-7H2,1-3H3;3H,1H2,2H3/b9-8+,13-11?;. The molecule has 2 N–H and O–H groups in total. The number of rotatable bonds is 3. The van der Waals surface area contributed by atoms with Gasteiger partial charge in [-0.1, -0.05) is 6.08 Å². The molecule has 3 nitrogen and oxygen atoms in total. The molecule has 1 aliphatic heterocycles. The number of aliphatic imine (C=N–C) groups is 1. The first kappa shape index (κ1) is 15.9. The van der Waals surface area contributed by atoms with Crippen LogP contribution in [0, 0.1) is 5.92 Å². The lowest BCUT2D eigenvalue weighted by molar-refractivity contribution is 0.457. The van der Waals surface area contributed by atoms with Gasteiger partial charge in [-0.25, -0.2) is 0 Å². The molecular formula is C14H27N3. The Kier molecular flexibility index (Phi) is 9.44. The summed E-state index contributed by atoms with van der Waals surface area (Å²) in [5, 5.41) is 6.50. The van der Waals surface area contributed by atoms with Crippen molar-refractivity contribution in [3.63, 3.8) is 0 Å². The van der Waals surface area contributed by atoms with Crippen LogP contribution in [0.15, 0.2) is 29.4 Å². The van der Waals surface area contributed by atoms with E-state index in [2.05, 4.69) is 35.2 Å². The van der Waals surface area contributed by atoms with E-state index in [-0.39, 0.29) is 0 Å². The van der Waals surface area contributed by atoms with E-state index in [1.165, 1.54) is 24.3 Å². The fourth-order valence-electron chi connectivity index (χ4n) is 1.78. The Balaban J connectivity index is 0.000000770. The van der Waals surface area contributed by atoms with Crippen molar-refractivity contribution in [3.05, 3.63) is 24.4 Å². The van der Waals surface area contributed by atoms with Gasteiger partial charge < -0.3 is 10.6 Å². The summed E-state index contributed by atoms with van der Waals surface area (Å²) in [6, 6.07) is 0. The SMILES string of the molecule is C=CC.CN=C(/C=C(\C)NC)C1CCNCC1. The highest BCUT2D eigenvalue weighted by molar-refractivity contribution is 5.97. The first-order chi connectivity index (χ1) is 8.19. The molecule has 0 saturated carbocycles. The number of allylic oxidation sites excluding steroid dienone is 3. The molecular weight excluding hydrogens is 210 g/mol. The Morgan fingerprint density at radius 2 is 1.94 bits per heavy atom. The largest absolute Gasteiger partial charge is 0.392 e. The molecule has 1 fully saturated rings.